The van der Waals surface area contributed by atoms with E-state index in [1.807, 2.05) is 6.92 Å². The Bertz CT molecular complexity index is 407. The summed E-state index contributed by atoms with van der Waals surface area (Å²) in [6.45, 7) is 4.38. The van der Waals surface area contributed by atoms with E-state index in [1.54, 1.807) is 0 Å². The average molecular weight is 260 g/mol. The summed E-state index contributed by atoms with van der Waals surface area (Å²) in [5, 5.41) is 0. The molecule has 104 valence electrons. The summed E-state index contributed by atoms with van der Waals surface area (Å²) in [6.07, 6.45) is 5.28. The van der Waals surface area contributed by atoms with Crippen LogP contribution in [0.25, 0.3) is 0 Å². The predicted molar refractivity (Wildman–Crippen MR) is 78.9 cm³/mol. The lowest BCUT2D eigenvalue weighted by atomic mass is 9.94. The summed E-state index contributed by atoms with van der Waals surface area (Å²) in [7, 11) is 2.33. The second-order valence-corrected chi connectivity index (χ2v) is 6.01. The van der Waals surface area contributed by atoms with Gasteiger partial charge in [0.1, 0.15) is 11.8 Å². The largest absolute Gasteiger partial charge is 0.319 e. The molecule has 1 aromatic carbocycles. The average Bonchev–Trinajstić information content (AvgIpc) is 2.46. The van der Waals surface area contributed by atoms with Crippen LogP contribution < -0.4 is 0 Å². The minimum absolute atomic E-state index is 0.342. The van der Waals surface area contributed by atoms with Crippen LogP contribution in [0, 0.1) is 0 Å². The van der Waals surface area contributed by atoms with Gasteiger partial charge in [0.05, 0.1) is 26.6 Å². The fraction of sp³-hybridized carbons (Fsp3) is 0.588. The van der Waals surface area contributed by atoms with Gasteiger partial charge in [-0.3, -0.25) is 4.79 Å². The highest BCUT2D eigenvalue weighted by Crippen LogP contribution is 2.34. The zero-order valence-electron chi connectivity index (χ0n) is 12.3. The van der Waals surface area contributed by atoms with Crippen molar-refractivity contribution in [1.82, 2.24) is 0 Å². The number of Topliss-reactive ketones (excluding diaryl/α,β-unsaturated/α-hetero) is 1. The summed E-state index contributed by atoms with van der Waals surface area (Å²) in [5.41, 5.74) is 1.33. The van der Waals surface area contributed by atoms with E-state index in [0.29, 0.717) is 24.7 Å². The van der Waals surface area contributed by atoms with Gasteiger partial charge in [0.15, 0.2) is 0 Å². The van der Waals surface area contributed by atoms with Gasteiger partial charge in [-0.15, -0.1) is 0 Å². The van der Waals surface area contributed by atoms with Crippen molar-refractivity contribution in [3.05, 3.63) is 35.9 Å². The maximum Gasteiger partial charge on any atom is 0.138 e. The Hall–Kier alpha value is -1.15. The molecule has 1 fully saturated rings. The Morgan fingerprint density at radius 2 is 1.79 bits per heavy atom. The Balaban J connectivity index is 2.25. The minimum atomic E-state index is 0.342. The van der Waals surface area contributed by atoms with Crippen LogP contribution in [0.15, 0.2) is 30.3 Å². The molecule has 0 aliphatic carbocycles. The first kappa shape index (κ1) is 14.3. The van der Waals surface area contributed by atoms with Crippen molar-refractivity contribution in [2.75, 3.05) is 20.1 Å². The second kappa shape index (κ2) is 6.33. The molecular formula is C17H26NO+. The van der Waals surface area contributed by atoms with Crippen LogP contribution in [0.5, 0.6) is 0 Å². The standard InChI is InChI=1S/C17H26NO/c1-3-16(19)14-17(15-10-6-4-7-11-15)18(2)12-8-5-9-13-18/h4,6-7,10-11,17H,3,5,8-9,12-14H2,1-2H3/q+1. The molecule has 1 heterocycles. The number of rotatable bonds is 5. The van der Waals surface area contributed by atoms with Crippen LogP contribution >= 0.6 is 0 Å². The molecular weight excluding hydrogens is 234 g/mol. The lowest BCUT2D eigenvalue weighted by Gasteiger charge is -2.44. The number of carbonyl (C=O) groups is 1. The number of hydrogen-bond donors (Lipinski definition) is 0. The first-order valence-electron chi connectivity index (χ1n) is 7.56. The predicted octanol–water partition coefficient (Wildman–Crippen LogP) is 3.73. The Morgan fingerprint density at radius 3 is 2.37 bits per heavy atom. The fourth-order valence-electron chi connectivity index (χ4n) is 3.28. The highest BCUT2D eigenvalue weighted by atomic mass is 16.1. The number of ketones is 1. The van der Waals surface area contributed by atoms with Crippen LogP contribution in [0.4, 0.5) is 0 Å². The zero-order chi connectivity index (χ0) is 13.7. The lowest BCUT2D eigenvalue weighted by Crippen LogP contribution is -2.51. The molecule has 1 aliphatic heterocycles. The highest BCUT2D eigenvalue weighted by Gasteiger charge is 2.36. The number of benzene rings is 1. The van der Waals surface area contributed by atoms with Crippen molar-refractivity contribution in [3.63, 3.8) is 0 Å². The summed E-state index contributed by atoms with van der Waals surface area (Å²) < 4.78 is 1.04. The Labute approximate surface area is 117 Å². The normalized spacial score (nSPS) is 19.9. The third-order valence-corrected chi connectivity index (χ3v) is 4.59. The van der Waals surface area contributed by atoms with Crippen molar-refractivity contribution in [3.8, 4) is 0 Å². The van der Waals surface area contributed by atoms with E-state index >= 15 is 0 Å². The molecule has 0 aromatic heterocycles. The maximum absolute atomic E-state index is 12.0. The highest BCUT2D eigenvalue weighted by molar-refractivity contribution is 5.78. The molecule has 0 radical (unpaired) electrons. The van der Waals surface area contributed by atoms with Gasteiger partial charge in [0.2, 0.25) is 0 Å². The zero-order valence-corrected chi connectivity index (χ0v) is 12.3. The first-order chi connectivity index (χ1) is 9.15. The molecule has 0 spiro atoms. The van der Waals surface area contributed by atoms with E-state index in [4.69, 9.17) is 0 Å². The van der Waals surface area contributed by atoms with Crippen molar-refractivity contribution in [1.29, 1.82) is 0 Å². The van der Waals surface area contributed by atoms with Crippen LogP contribution in [0.3, 0.4) is 0 Å². The summed E-state index contributed by atoms with van der Waals surface area (Å²) in [4.78, 5) is 12.0. The molecule has 0 amide bonds. The van der Waals surface area contributed by atoms with Crippen molar-refractivity contribution in [2.45, 2.75) is 45.1 Å². The molecule has 1 aliphatic rings. The van der Waals surface area contributed by atoms with Crippen molar-refractivity contribution in [2.24, 2.45) is 0 Å². The number of piperidine rings is 1. The van der Waals surface area contributed by atoms with E-state index in [-0.39, 0.29) is 0 Å². The lowest BCUT2D eigenvalue weighted by molar-refractivity contribution is -0.943. The topological polar surface area (TPSA) is 17.1 Å². The van der Waals surface area contributed by atoms with Gasteiger partial charge in [-0.25, -0.2) is 0 Å². The maximum atomic E-state index is 12.0. The number of quaternary nitrogens is 1. The van der Waals surface area contributed by atoms with E-state index in [9.17, 15) is 4.79 Å². The fourth-order valence-corrected chi connectivity index (χ4v) is 3.28. The van der Waals surface area contributed by atoms with E-state index in [2.05, 4.69) is 37.4 Å². The first-order valence-corrected chi connectivity index (χ1v) is 7.56. The molecule has 1 atom stereocenters. The molecule has 0 bridgehead atoms. The quantitative estimate of drug-likeness (QED) is 0.737. The molecule has 1 saturated heterocycles. The van der Waals surface area contributed by atoms with E-state index < -0.39 is 0 Å². The van der Waals surface area contributed by atoms with Crippen LogP contribution in [-0.2, 0) is 4.79 Å². The van der Waals surface area contributed by atoms with Crippen LogP contribution in [0.2, 0.25) is 0 Å². The van der Waals surface area contributed by atoms with Crippen LogP contribution in [-0.4, -0.2) is 30.4 Å². The molecule has 2 rings (SSSR count). The summed E-state index contributed by atoms with van der Waals surface area (Å²) in [5.74, 6) is 0.388. The van der Waals surface area contributed by atoms with E-state index in [1.165, 1.54) is 37.9 Å². The molecule has 2 heteroatoms. The molecule has 0 N–H and O–H groups in total. The number of hydrogen-bond acceptors (Lipinski definition) is 1. The third kappa shape index (κ3) is 3.44. The van der Waals surface area contributed by atoms with Gasteiger partial charge >= 0.3 is 0 Å². The van der Waals surface area contributed by atoms with Gasteiger partial charge in [0.25, 0.3) is 0 Å². The Morgan fingerprint density at radius 1 is 1.16 bits per heavy atom. The number of likely N-dealkylation sites (tertiary alicyclic amines) is 1. The Kier molecular flexibility index (Phi) is 4.76. The van der Waals surface area contributed by atoms with Crippen molar-refractivity contribution < 1.29 is 9.28 Å². The van der Waals surface area contributed by atoms with Gasteiger partial charge in [0, 0.05) is 12.0 Å². The van der Waals surface area contributed by atoms with Crippen molar-refractivity contribution >= 4 is 5.78 Å². The van der Waals surface area contributed by atoms with Gasteiger partial charge in [-0.2, -0.15) is 0 Å². The van der Waals surface area contributed by atoms with Gasteiger partial charge < -0.3 is 4.48 Å². The molecule has 19 heavy (non-hydrogen) atoms. The van der Waals surface area contributed by atoms with E-state index in [0.717, 1.165) is 4.48 Å². The second-order valence-electron chi connectivity index (χ2n) is 6.01. The number of nitrogens with zero attached hydrogens (tertiary/aromatic N) is 1. The SMILES string of the molecule is CCC(=O)CC(c1ccccc1)[N+]1(C)CCCCC1. The smallest absolute Gasteiger partial charge is 0.138 e. The summed E-state index contributed by atoms with van der Waals surface area (Å²) in [6, 6.07) is 11.0. The minimum Gasteiger partial charge on any atom is -0.319 e. The van der Waals surface area contributed by atoms with Gasteiger partial charge in [-0.05, 0) is 19.3 Å². The monoisotopic (exact) mass is 260 g/mol. The molecule has 2 nitrogen and oxygen atoms in total. The molecule has 1 unspecified atom stereocenters. The summed E-state index contributed by atoms with van der Waals surface area (Å²) >= 11 is 0. The molecule has 1 aromatic rings. The number of carbonyl (C=O) groups excluding carboxylic acids is 1. The third-order valence-electron chi connectivity index (χ3n) is 4.59. The van der Waals surface area contributed by atoms with Gasteiger partial charge in [-0.1, -0.05) is 37.3 Å². The molecule has 0 saturated carbocycles. The van der Waals surface area contributed by atoms with Crippen LogP contribution in [0.1, 0.15) is 50.6 Å².